The average Bonchev–Trinajstić information content (AvgIpc) is 2.47. The number of aliphatic hydroxyl groups is 1. The van der Waals surface area contributed by atoms with Crippen molar-refractivity contribution >= 4 is 23.5 Å². The quantitative estimate of drug-likeness (QED) is 0.840. The molecule has 7 heteroatoms. The SMILES string of the molecule is CCN(CC)c1nc(Cl)nc(NCC2(O)CCCCC2)n1. The average molecular weight is 314 g/mol. The van der Waals surface area contributed by atoms with Crippen molar-refractivity contribution in [3.05, 3.63) is 5.28 Å². The maximum Gasteiger partial charge on any atom is 0.231 e. The lowest BCUT2D eigenvalue weighted by molar-refractivity contribution is 0.0166. The minimum Gasteiger partial charge on any atom is -0.388 e. The van der Waals surface area contributed by atoms with E-state index in [1.807, 2.05) is 18.7 Å². The van der Waals surface area contributed by atoms with Gasteiger partial charge in [0.15, 0.2) is 0 Å². The molecule has 0 radical (unpaired) electrons. The highest BCUT2D eigenvalue weighted by Crippen LogP contribution is 2.28. The van der Waals surface area contributed by atoms with E-state index < -0.39 is 5.60 Å². The third kappa shape index (κ3) is 4.41. The molecule has 1 aliphatic rings. The van der Waals surface area contributed by atoms with E-state index in [4.69, 9.17) is 11.6 Å². The Morgan fingerprint density at radius 1 is 1.14 bits per heavy atom. The Balaban J connectivity index is 2.05. The van der Waals surface area contributed by atoms with Gasteiger partial charge in [-0.2, -0.15) is 15.0 Å². The maximum absolute atomic E-state index is 10.5. The van der Waals surface area contributed by atoms with Crippen LogP contribution in [0.15, 0.2) is 0 Å². The van der Waals surface area contributed by atoms with Crippen LogP contribution in [0, 0.1) is 0 Å². The standard InChI is InChI=1S/C14H24ClN5O/c1-3-20(4-2)13-18-11(15)17-12(19-13)16-10-14(21)8-6-5-7-9-14/h21H,3-10H2,1-2H3,(H,16,17,18,19). The number of anilines is 2. The first-order valence-electron chi connectivity index (χ1n) is 7.69. The second-order valence-corrected chi connectivity index (χ2v) is 5.88. The summed E-state index contributed by atoms with van der Waals surface area (Å²) in [5.41, 5.74) is -0.660. The lowest BCUT2D eigenvalue weighted by Crippen LogP contribution is -2.39. The fourth-order valence-electron chi connectivity index (χ4n) is 2.70. The zero-order chi connectivity index (χ0) is 15.3. The topological polar surface area (TPSA) is 74.2 Å². The molecule has 118 valence electrons. The summed E-state index contributed by atoms with van der Waals surface area (Å²) in [4.78, 5) is 14.6. The molecule has 1 saturated carbocycles. The van der Waals surface area contributed by atoms with Gasteiger partial charge in [-0.05, 0) is 38.3 Å². The maximum atomic E-state index is 10.5. The molecular formula is C14H24ClN5O. The highest BCUT2D eigenvalue weighted by molar-refractivity contribution is 6.28. The highest BCUT2D eigenvalue weighted by Gasteiger charge is 2.29. The number of halogens is 1. The van der Waals surface area contributed by atoms with Crippen LogP contribution in [-0.4, -0.2) is 45.3 Å². The second-order valence-electron chi connectivity index (χ2n) is 5.54. The Kier molecular flexibility index (Phi) is 5.58. The predicted octanol–water partition coefficient (Wildman–Crippen LogP) is 2.48. The van der Waals surface area contributed by atoms with Crippen molar-refractivity contribution in [3.8, 4) is 0 Å². The molecule has 0 aromatic carbocycles. The molecule has 1 aromatic heterocycles. The minimum atomic E-state index is -0.660. The van der Waals surface area contributed by atoms with Gasteiger partial charge in [0.1, 0.15) is 0 Å². The van der Waals surface area contributed by atoms with Gasteiger partial charge >= 0.3 is 0 Å². The molecule has 0 spiro atoms. The fraction of sp³-hybridized carbons (Fsp3) is 0.786. The van der Waals surface area contributed by atoms with E-state index in [-0.39, 0.29) is 5.28 Å². The van der Waals surface area contributed by atoms with Gasteiger partial charge in [-0.25, -0.2) is 0 Å². The normalized spacial score (nSPS) is 17.5. The molecule has 0 amide bonds. The Bertz CT molecular complexity index is 461. The molecule has 6 nitrogen and oxygen atoms in total. The molecular weight excluding hydrogens is 290 g/mol. The first-order chi connectivity index (χ1) is 10.1. The number of hydrogen-bond donors (Lipinski definition) is 2. The largest absolute Gasteiger partial charge is 0.388 e. The van der Waals surface area contributed by atoms with Crippen LogP contribution in [0.2, 0.25) is 5.28 Å². The van der Waals surface area contributed by atoms with Gasteiger partial charge in [0.2, 0.25) is 17.2 Å². The molecule has 1 heterocycles. The first-order valence-corrected chi connectivity index (χ1v) is 8.07. The smallest absolute Gasteiger partial charge is 0.231 e. The number of aromatic nitrogens is 3. The summed E-state index contributed by atoms with van der Waals surface area (Å²) in [7, 11) is 0. The van der Waals surface area contributed by atoms with Gasteiger partial charge in [0.25, 0.3) is 0 Å². The third-order valence-corrected chi connectivity index (χ3v) is 4.17. The Morgan fingerprint density at radius 3 is 2.43 bits per heavy atom. The zero-order valence-corrected chi connectivity index (χ0v) is 13.5. The fourth-order valence-corrected chi connectivity index (χ4v) is 2.85. The van der Waals surface area contributed by atoms with Crippen LogP contribution in [0.5, 0.6) is 0 Å². The van der Waals surface area contributed by atoms with E-state index in [0.717, 1.165) is 38.8 Å². The zero-order valence-electron chi connectivity index (χ0n) is 12.8. The summed E-state index contributed by atoms with van der Waals surface area (Å²) in [6, 6.07) is 0. The molecule has 0 atom stereocenters. The van der Waals surface area contributed by atoms with Gasteiger partial charge < -0.3 is 15.3 Å². The Morgan fingerprint density at radius 2 is 1.81 bits per heavy atom. The van der Waals surface area contributed by atoms with Gasteiger partial charge in [-0.3, -0.25) is 0 Å². The Labute approximate surface area is 131 Å². The van der Waals surface area contributed by atoms with Crippen LogP contribution >= 0.6 is 11.6 Å². The molecule has 0 aliphatic heterocycles. The summed E-state index contributed by atoms with van der Waals surface area (Å²) in [6.07, 6.45) is 4.98. The van der Waals surface area contributed by atoms with E-state index in [2.05, 4.69) is 20.3 Å². The van der Waals surface area contributed by atoms with Crippen LogP contribution in [0.25, 0.3) is 0 Å². The number of nitrogens with zero attached hydrogens (tertiary/aromatic N) is 4. The summed E-state index contributed by atoms with van der Waals surface area (Å²) >= 11 is 5.97. The van der Waals surface area contributed by atoms with E-state index >= 15 is 0 Å². The van der Waals surface area contributed by atoms with Gasteiger partial charge in [0, 0.05) is 19.6 Å². The predicted molar refractivity (Wildman–Crippen MR) is 84.9 cm³/mol. The summed E-state index contributed by atoms with van der Waals surface area (Å²) < 4.78 is 0. The molecule has 1 fully saturated rings. The number of nitrogens with one attached hydrogen (secondary N) is 1. The Hall–Kier alpha value is -1.14. The van der Waals surface area contributed by atoms with Crippen molar-refractivity contribution < 1.29 is 5.11 Å². The van der Waals surface area contributed by atoms with Gasteiger partial charge in [0.05, 0.1) is 5.60 Å². The monoisotopic (exact) mass is 313 g/mol. The van der Waals surface area contributed by atoms with Crippen LogP contribution in [0.3, 0.4) is 0 Å². The van der Waals surface area contributed by atoms with E-state index in [0.29, 0.717) is 18.4 Å². The lowest BCUT2D eigenvalue weighted by Gasteiger charge is -2.32. The summed E-state index contributed by atoms with van der Waals surface area (Å²) in [6.45, 7) is 6.14. The van der Waals surface area contributed by atoms with Crippen LogP contribution in [0.4, 0.5) is 11.9 Å². The van der Waals surface area contributed by atoms with Crippen molar-refractivity contribution in [1.29, 1.82) is 0 Å². The molecule has 0 unspecified atom stereocenters. The number of hydrogen-bond acceptors (Lipinski definition) is 6. The van der Waals surface area contributed by atoms with Crippen molar-refractivity contribution in [2.24, 2.45) is 0 Å². The molecule has 2 N–H and O–H groups in total. The molecule has 2 rings (SSSR count). The minimum absolute atomic E-state index is 0.171. The number of rotatable bonds is 6. The molecule has 21 heavy (non-hydrogen) atoms. The van der Waals surface area contributed by atoms with Crippen molar-refractivity contribution in [2.45, 2.75) is 51.6 Å². The molecule has 0 saturated heterocycles. The van der Waals surface area contributed by atoms with Crippen molar-refractivity contribution in [3.63, 3.8) is 0 Å². The second kappa shape index (κ2) is 7.22. The molecule has 1 aliphatic carbocycles. The molecule has 1 aromatic rings. The van der Waals surface area contributed by atoms with Crippen molar-refractivity contribution in [1.82, 2.24) is 15.0 Å². The first kappa shape index (κ1) is 16.2. The molecule has 0 bridgehead atoms. The summed E-state index contributed by atoms with van der Waals surface area (Å²) in [5, 5.41) is 13.8. The van der Waals surface area contributed by atoms with Crippen LogP contribution < -0.4 is 10.2 Å². The van der Waals surface area contributed by atoms with Crippen LogP contribution in [-0.2, 0) is 0 Å². The van der Waals surface area contributed by atoms with E-state index in [1.165, 1.54) is 6.42 Å². The van der Waals surface area contributed by atoms with E-state index in [9.17, 15) is 5.11 Å². The van der Waals surface area contributed by atoms with Gasteiger partial charge in [-0.1, -0.05) is 19.3 Å². The highest BCUT2D eigenvalue weighted by atomic mass is 35.5. The lowest BCUT2D eigenvalue weighted by atomic mass is 9.85. The van der Waals surface area contributed by atoms with Crippen LogP contribution in [0.1, 0.15) is 46.0 Å². The van der Waals surface area contributed by atoms with Crippen molar-refractivity contribution in [2.75, 3.05) is 29.9 Å². The third-order valence-electron chi connectivity index (χ3n) is 4.00. The van der Waals surface area contributed by atoms with Gasteiger partial charge in [-0.15, -0.1) is 0 Å². The van der Waals surface area contributed by atoms with E-state index in [1.54, 1.807) is 0 Å². The summed E-state index contributed by atoms with van der Waals surface area (Å²) in [5.74, 6) is 0.994.